The van der Waals surface area contributed by atoms with Crippen LogP contribution < -0.4 is 15.4 Å². The van der Waals surface area contributed by atoms with Crippen LogP contribution in [0.15, 0.2) is 36.8 Å². The highest BCUT2D eigenvalue weighted by Crippen LogP contribution is 2.26. The third kappa shape index (κ3) is 5.42. The predicted octanol–water partition coefficient (Wildman–Crippen LogP) is 2.30. The predicted molar refractivity (Wildman–Crippen MR) is 115 cm³/mol. The summed E-state index contributed by atoms with van der Waals surface area (Å²) in [5, 5.41) is 15.7. The number of rotatable bonds is 9. The summed E-state index contributed by atoms with van der Waals surface area (Å²) >= 11 is 0. The van der Waals surface area contributed by atoms with Crippen LogP contribution in [0.1, 0.15) is 36.5 Å². The summed E-state index contributed by atoms with van der Waals surface area (Å²) in [5.74, 6) is 0.00915. The fraction of sp³-hybridized carbons (Fsp3) is 0.364. The molecule has 0 aliphatic carbocycles. The number of ether oxygens (including phenoxy) is 1. The molecule has 9 heteroatoms. The van der Waals surface area contributed by atoms with Crippen molar-refractivity contribution in [1.29, 1.82) is 5.26 Å². The molecule has 0 aliphatic rings. The van der Waals surface area contributed by atoms with E-state index in [9.17, 15) is 14.9 Å². The first-order valence-corrected chi connectivity index (χ1v) is 10.0. The molecule has 0 aliphatic heterocycles. The molecule has 0 saturated carbocycles. The number of amides is 2. The highest BCUT2D eigenvalue weighted by atomic mass is 16.5. The van der Waals surface area contributed by atoms with Gasteiger partial charge in [0.2, 0.25) is 5.91 Å². The van der Waals surface area contributed by atoms with Crippen LogP contribution in [0.5, 0.6) is 5.75 Å². The standard InChI is InChI=1S/C22H26N6O3/c1-13(2)7-18(21(29)26-14(10-23)8-15-11-24-12-25-15)28-22(30)19-9-16-17(27-19)5-4-6-20(16)31-3/h4-6,9,11-14,18,27H,7-8H2,1-3H3,(H,24,25)(H,26,29)(H,28,30)/t14-,18+/m0/s1. The normalized spacial score (nSPS) is 12.9. The number of aromatic nitrogens is 3. The van der Waals surface area contributed by atoms with Crippen LogP contribution >= 0.6 is 0 Å². The molecule has 2 aromatic heterocycles. The summed E-state index contributed by atoms with van der Waals surface area (Å²) in [4.78, 5) is 35.7. The number of nitriles is 1. The van der Waals surface area contributed by atoms with Crippen LogP contribution in [-0.4, -0.2) is 46.0 Å². The second-order valence-electron chi connectivity index (χ2n) is 7.73. The van der Waals surface area contributed by atoms with E-state index in [1.807, 2.05) is 32.0 Å². The molecular formula is C22H26N6O3. The molecule has 2 atom stereocenters. The SMILES string of the molecule is COc1cccc2[nH]c(C(=O)N[C@H](CC(C)C)C(=O)N[C@H](C#N)Cc3cnc[nH]3)cc12. The zero-order valence-corrected chi connectivity index (χ0v) is 17.7. The summed E-state index contributed by atoms with van der Waals surface area (Å²) in [5.41, 5.74) is 1.83. The minimum absolute atomic E-state index is 0.159. The van der Waals surface area contributed by atoms with Gasteiger partial charge in [-0.1, -0.05) is 19.9 Å². The number of carbonyl (C=O) groups excluding carboxylic acids is 2. The monoisotopic (exact) mass is 422 g/mol. The Labute approximate surface area is 180 Å². The molecule has 3 aromatic rings. The van der Waals surface area contributed by atoms with E-state index in [1.54, 1.807) is 19.4 Å². The number of hydrogen-bond donors (Lipinski definition) is 4. The molecule has 31 heavy (non-hydrogen) atoms. The maximum absolute atomic E-state index is 12.9. The third-order valence-corrected chi connectivity index (χ3v) is 4.87. The maximum atomic E-state index is 12.9. The Balaban J connectivity index is 1.73. The van der Waals surface area contributed by atoms with E-state index >= 15 is 0 Å². The lowest BCUT2D eigenvalue weighted by Crippen LogP contribution is -2.50. The number of nitrogens with zero attached hydrogens (tertiary/aromatic N) is 2. The van der Waals surface area contributed by atoms with Crippen molar-refractivity contribution < 1.29 is 14.3 Å². The smallest absolute Gasteiger partial charge is 0.268 e. The number of imidazole rings is 1. The molecule has 0 radical (unpaired) electrons. The van der Waals surface area contributed by atoms with E-state index in [-0.39, 0.29) is 5.92 Å². The number of H-pyrrole nitrogens is 2. The van der Waals surface area contributed by atoms with E-state index < -0.39 is 23.9 Å². The molecular weight excluding hydrogens is 396 g/mol. The molecule has 0 unspecified atom stereocenters. The molecule has 0 spiro atoms. The molecule has 0 fully saturated rings. The lowest BCUT2D eigenvalue weighted by atomic mass is 10.0. The van der Waals surface area contributed by atoms with Crippen molar-refractivity contribution in [2.24, 2.45) is 5.92 Å². The van der Waals surface area contributed by atoms with Crippen molar-refractivity contribution in [3.8, 4) is 11.8 Å². The van der Waals surface area contributed by atoms with Crippen LogP contribution in [0.4, 0.5) is 0 Å². The van der Waals surface area contributed by atoms with Gasteiger partial charge in [0.1, 0.15) is 23.5 Å². The zero-order valence-electron chi connectivity index (χ0n) is 17.7. The first-order valence-electron chi connectivity index (χ1n) is 10.0. The quantitative estimate of drug-likeness (QED) is 0.419. The zero-order chi connectivity index (χ0) is 22.4. The Hall–Kier alpha value is -3.80. The van der Waals surface area contributed by atoms with Gasteiger partial charge in [0, 0.05) is 29.2 Å². The lowest BCUT2D eigenvalue weighted by Gasteiger charge is -2.21. The molecule has 2 amide bonds. The Morgan fingerprint density at radius 1 is 1.29 bits per heavy atom. The van der Waals surface area contributed by atoms with Gasteiger partial charge in [-0.2, -0.15) is 5.26 Å². The minimum Gasteiger partial charge on any atom is -0.496 e. The number of aromatic amines is 2. The van der Waals surface area contributed by atoms with Crippen LogP contribution in [0, 0.1) is 17.2 Å². The molecule has 2 heterocycles. The Bertz CT molecular complexity index is 1080. The highest BCUT2D eigenvalue weighted by molar-refractivity contribution is 6.01. The number of nitrogens with one attached hydrogen (secondary N) is 4. The van der Waals surface area contributed by atoms with Crippen molar-refractivity contribution in [3.05, 3.63) is 48.2 Å². The van der Waals surface area contributed by atoms with E-state index in [0.29, 0.717) is 24.3 Å². The van der Waals surface area contributed by atoms with E-state index in [1.165, 1.54) is 6.33 Å². The van der Waals surface area contributed by atoms with Crippen molar-refractivity contribution in [2.75, 3.05) is 7.11 Å². The van der Waals surface area contributed by atoms with Gasteiger partial charge in [0.05, 0.1) is 19.5 Å². The molecule has 9 nitrogen and oxygen atoms in total. The van der Waals surface area contributed by atoms with Gasteiger partial charge in [0.15, 0.2) is 0 Å². The third-order valence-electron chi connectivity index (χ3n) is 4.87. The van der Waals surface area contributed by atoms with Crippen LogP contribution in [0.25, 0.3) is 10.9 Å². The minimum atomic E-state index is -0.779. The van der Waals surface area contributed by atoms with Crippen molar-refractivity contribution in [3.63, 3.8) is 0 Å². The number of hydrogen-bond acceptors (Lipinski definition) is 5. The summed E-state index contributed by atoms with van der Waals surface area (Å²) in [7, 11) is 1.57. The van der Waals surface area contributed by atoms with Gasteiger partial charge in [-0.15, -0.1) is 0 Å². The summed E-state index contributed by atoms with van der Waals surface area (Å²) in [6.45, 7) is 3.93. The topological polar surface area (TPSA) is 136 Å². The van der Waals surface area contributed by atoms with Crippen molar-refractivity contribution >= 4 is 22.7 Å². The molecule has 4 N–H and O–H groups in total. The fourth-order valence-corrected chi connectivity index (χ4v) is 3.38. The van der Waals surface area contributed by atoms with Gasteiger partial charge in [0.25, 0.3) is 5.91 Å². The highest BCUT2D eigenvalue weighted by Gasteiger charge is 2.25. The van der Waals surface area contributed by atoms with Crippen LogP contribution in [0.3, 0.4) is 0 Å². The van der Waals surface area contributed by atoms with E-state index in [2.05, 4.69) is 31.7 Å². The van der Waals surface area contributed by atoms with Gasteiger partial charge in [-0.3, -0.25) is 9.59 Å². The second kappa shape index (κ2) is 9.80. The van der Waals surface area contributed by atoms with Gasteiger partial charge in [-0.25, -0.2) is 4.98 Å². The number of fused-ring (bicyclic) bond motifs is 1. The van der Waals surface area contributed by atoms with Crippen LogP contribution in [-0.2, 0) is 11.2 Å². The second-order valence-corrected chi connectivity index (χ2v) is 7.73. The lowest BCUT2D eigenvalue weighted by molar-refractivity contribution is -0.123. The van der Waals surface area contributed by atoms with Crippen LogP contribution in [0.2, 0.25) is 0 Å². The maximum Gasteiger partial charge on any atom is 0.268 e. The molecule has 0 bridgehead atoms. The summed E-state index contributed by atoms with van der Waals surface area (Å²) in [6.07, 6.45) is 3.85. The van der Waals surface area contributed by atoms with Crippen molar-refractivity contribution in [2.45, 2.75) is 38.8 Å². The van der Waals surface area contributed by atoms with Gasteiger partial charge in [-0.05, 0) is 30.5 Å². The average molecular weight is 422 g/mol. The van der Waals surface area contributed by atoms with E-state index in [0.717, 1.165) is 16.6 Å². The Kier molecular flexibility index (Phi) is 6.92. The van der Waals surface area contributed by atoms with Crippen molar-refractivity contribution in [1.82, 2.24) is 25.6 Å². The summed E-state index contributed by atoms with van der Waals surface area (Å²) < 4.78 is 5.34. The first kappa shape index (κ1) is 21.9. The first-order chi connectivity index (χ1) is 14.9. The fourth-order valence-electron chi connectivity index (χ4n) is 3.38. The van der Waals surface area contributed by atoms with Gasteiger partial charge >= 0.3 is 0 Å². The Morgan fingerprint density at radius 3 is 2.74 bits per heavy atom. The Morgan fingerprint density at radius 2 is 2.10 bits per heavy atom. The summed E-state index contributed by atoms with van der Waals surface area (Å²) in [6, 6.07) is 7.75. The molecule has 3 rings (SSSR count). The van der Waals surface area contributed by atoms with Gasteiger partial charge < -0.3 is 25.3 Å². The molecule has 1 aromatic carbocycles. The van der Waals surface area contributed by atoms with E-state index in [4.69, 9.17) is 4.74 Å². The molecule has 162 valence electrons. The number of methoxy groups -OCH3 is 1. The molecule has 0 saturated heterocycles. The number of carbonyl (C=O) groups is 2. The largest absolute Gasteiger partial charge is 0.496 e. The number of benzene rings is 1. The average Bonchev–Trinajstić information content (AvgIpc) is 3.41.